The van der Waals surface area contributed by atoms with E-state index >= 15 is 0 Å². The lowest BCUT2D eigenvalue weighted by Crippen LogP contribution is -2.27. The third kappa shape index (κ3) is 8.81. The van der Waals surface area contributed by atoms with Crippen LogP contribution in [0.3, 0.4) is 0 Å². The summed E-state index contributed by atoms with van der Waals surface area (Å²) in [6.45, 7) is 5.10. The third-order valence-corrected chi connectivity index (χ3v) is 7.91. The summed E-state index contributed by atoms with van der Waals surface area (Å²) in [5, 5.41) is 0.769. The van der Waals surface area contributed by atoms with E-state index in [4.69, 9.17) is 26.8 Å². The predicted molar refractivity (Wildman–Crippen MR) is 159 cm³/mol. The molecule has 6 rings (SSSR count). The molecule has 1 saturated carbocycles. The fraction of sp³-hybridized carbons (Fsp3) is 0.438. The molecule has 0 bridgehead atoms. The highest BCUT2D eigenvalue weighted by Crippen LogP contribution is 2.32. The Balaban J connectivity index is 0.000000166. The number of aromatic nitrogens is 1. The van der Waals surface area contributed by atoms with Gasteiger partial charge in [-0.3, -0.25) is 4.79 Å². The molecule has 2 aliphatic heterocycles. The molecule has 3 aromatic rings. The van der Waals surface area contributed by atoms with Crippen LogP contribution in [0.5, 0.6) is 17.4 Å². The Morgan fingerprint density at radius 1 is 1.02 bits per heavy atom. The third-order valence-electron chi connectivity index (χ3n) is 7.61. The van der Waals surface area contributed by atoms with E-state index in [2.05, 4.69) is 22.0 Å². The fourth-order valence-electron chi connectivity index (χ4n) is 5.13. The van der Waals surface area contributed by atoms with Gasteiger partial charge < -0.3 is 25.0 Å². The topological polar surface area (TPSA) is 80.9 Å². The van der Waals surface area contributed by atoms with Crippen LogP contribution >= 0.6 is 11.6 Å². The quantitative estimate of drug-likeness (QED) is 0.306. The number of nitrogens with two attached hydrogens (primary N) is 1. The first-order valence-corrected chi connectivity index (χ1v) is 14.9. The van der Waals surface area contributed by atoms with Crippen molar-refractivity contribution in [2.24, 2.45) is 11.7 Å². The van der Waals surface area contributed by atoms with Crippen LogP contribution in [0.2, 0.25) is 5.02 Å². The Morgan fingerprint density at radius 2 is 1.80 bits per heavy atom. The maximum atomic E-state index is 12.9. The molecular weight excluding hydrogens is 543 g/mol. The Bertz CT molecular complexity index is 1300. The average Bonchev–Trinajstić information content (AvgIpc) is 3.40. The van der Waals surface area contributed by atoms with E-state index in [9.17, 15) is 9.18 Å². The van der Waals surface area contributed by atoms with Gasteiger partial charge in [0.1, 0.15) is 23.1 Å². The molecule has 2 aromatic carbocycles. The molecule has 1 unspecified atom stereocenters. The zero-order chi connectivity index (χ0) is 28.6. The largest absolute Gasteiger partial charge is 0.489 e. The van der Waals surface area contributed by atoms with E-state index in [1.165, 1.54) is 69.4 Å². The molecule has 1 aliphatic carbocycles. The first-order chi connectivity index (χ1) is 19.9. The highest BCUT2D eigenvalue weighted by atomic mass is 35.5. The molecule has 7 nitrogen and oxygen atoms in total. The fourth-order valence-corrected chi connectivity index (χ4v) is 5.38. The molecule has 41 heavy (non-hydrogen) atoms. The molecule has 3 fully saturated rings. The van der Waals surface area contributed by atoms with Crippen molar-refractivity contribution in [2.75, 3.05) is 37.6 Å². The molecule has 0 spiro atoms. The number of pyridine rings is 1. The number of nitrogens with zero attached hydrogens (tertiary/aromatic N) is 3. The lowest BCUT2D eigenvalue weighted by atomic mass is 10.1. The van der Waals surface area contributed by atoms with E-state index in [1.807, 2.05) is 23.1 Å². The summed E-state index contributed by atoms with van der Waals surface area (Å²) in [7, 11) is 0. The van der Waals surface area contributed by atoms with Gasteiger partial charge >= 0.3 is 0 Å². The molecule has 3 aliphatic rings. The zero-order valence-electron chi connectivity index (χ0n) is 23.3. The lowest BCUT2D eigenvalue weighted by molar-refractivity contribution is -0.121. The number of halogens is 2. The first-order valence-electron chi connectivity index (χ1n) is 14.5. The average molecular weight is 581 g/mol. The van der Waals surface area contributed by atoms with Crippen molar-refractivity contribution < 1.29 is 18.7 Å². The first kappa shape index (κ1) is 29.1. The van der Waals surface area contributed by atoms with Gasteiger partial charge in [0.25, 0.3) is 0 Å². The van der Waals surface area contributed by atoms with Crippen LogP contribution in [0, 0.1) is 11.7 Å². The minimum absolute atomic E-state index is 0.136. The normalized spacial score (nSPS) is 18.6. The smallest absolute Gasteiger partial charge is 0.222 e. The van der Waals surface area contributed by atoms with Crippen molar-refractivity contribution in [3.05, 3.63) is 77.1 Å². The van der Waals surface area contributed by atoms with Gasteiger partial charge in [-0.15, -0.1) is 0 Å². The van der Waals surface area contributed by atoms with Crippen LogP contribution in [-0.4, -0.2) is 54.6 Å². The molecule has 2 saturated heterocycles. The molecular formula is C32H38ClFN4O3. The van der Waals surface area contributed by atoms with Gasteiger partial charge in [-0.1, -0.05) is 23.7 Å². The molecule has 2 N–H and O–H groups in total. The number of anilines is 1. The number of amides is 1. The van der Waals surface area contributed by atoms with Gasteiger partial charge in [-0.25, -0.2) is 4.39 Å². The SMILES string of the molecule is Clc1cc(CCCN2CCCC2)ccc1OC1CC1.NC(=O)C1CCN(c2cccc(Oc3ccc(F)cc3)n2)C1. The Kier molecular flexibility index (Phi) is 9.96. The molecule has 218 valence electrons. The summed E-state index contributed by atoms with van der Waals surface area (Å²) < 4.78 is 24.2. The number of benzene rings is 2. The Hall–Kier alpha value is -3.36. The maximum Gasteiger partial charge on any atom is 0.222 e. The van der Waals surface area contributed by atoms with Gasteiger partial charge in [0.2, 0.25) is 11.8 Å². The molecule has 1 aromatic heterocycles. The summed E-state index contributed by atoms with van der Waals surface area (Å²) in [4.78, 5) is 20.2. The van der Waals surface area contributed by atoms with E-state index in [1.54, 1.807) is 18.2 Å². The van der Waals surface area contributed by atoms with Crippen LogP contribution in [0.1, 0.15) is 44.1 Å². The van der Waals surface area contributed by atoms with E-state index in [0.717, 1.165) is 36.0 Å². The Morgan fingerprint density at radius 3 is 2.49 bits per heavy atom. The molecule has 3 heterocycles. The predicted octanol–water partition coefficient (Wildman–Crippen LogP) is 6.23. The van der Waals surface area contributed by atoms with Crippen LogP contribution in [0.4, 0.5) is 10.2 Å². The second kappa shape index (κ2) is 14.0. The highest BCUT2D eigenvalue weighted by Gasteiger charge is 2.27. The standard InChI is InChI=1S/C16H22ClNO.C16H16FN3O2/c17-15-12-13(4-3-11-18-9-1-2-10-18)5-8-16(15)19-14-6-7-14;17-12-4-6-13(7-5-12)22-15-3-1-2-14(19-15)20-9-8-11(10-20)16(18)21/h5,8,12,14H,1-4,6-7,9-11H2;1-7,11H,8-10H2,(H2,18,21). The van der Waals surface area contributed by atoms with Crippen LogP contribution < -0.4 is 20.1 Å². The zero-order valence-corrected chi connectivity index (χ0v) is 24.1. The second-order valence-corrected chi connectivity index (χ2v) is 11.4. The number of primary amides is 1. The van der Waals surface area contributed by atoms with Crippen molar-refractivity contribution in [1.29, 1.82) is 0 Å². The summed E-state index contributed by atoms with van der Waals surface area (Å²) in [5.41, 5.74) is 6.67. The monoisotopic (exact) mass is 580 g/mol. The van der Waals surface area contributed by atoms with Crippen molar-refractivity contribution in [3.8, 4) is 17.4 Å². The Labute approximate surface area is 246 Å². The second-order valence-electron chi connectivity index (χ2n) is 11.0. The van der Waals surface area contributed by atoms with Crippen molar-refractivity contribution in [3.63, 3.8) is 0 Å². The number of aryl methyl sites for hydroxylation is 1. The van der Waals surface area contributed by atoms with Gasteiger partial charge in [-0.05, 0) is 113 Å². The summed E-state index contributed by atoms with van der Waals surface area (Å²) in [6, 6.07) is 17.4. The minimum atomic E-state index is -0.316. The van der Waals surface area contributed by atoms with Gasteiger partial charge in [-0.2, -0.15) is 4.98 Å². The van der Waals surface area contributed by atoms with Crippen LogP contribution in [0.25, 0.3) is 0 Å². The number of hydrogen-bond donors (Lipinski definition) is 1. The number of rotatable bonds is 10. The lowest BCUT2D eigenvalue weighted by Gasteiger charge is -2.17. The molecule has 0 radical (unpaired) electrons. The van der Waals surface area contributed by atoms with E-state index in [-0.39, 0.29) is 17.6 Å². The number of hydrogen-bond acceptors (Lipinski definition) is 6. The summed E-state index contributed by atoms with van der Waals surface area (Å²) in [5.74, 6) is 1.80. The van der Waals surface area contributed by atoms with Gasteiger partial charge in [0, 0.05) is 19.2 Å². The van der Waals surface area contributed by atoms with Crippen molar-refractivity contribution in [1.82, 2.24) is 9.88 Å². The van der Waals surface area contributed by atoms with Gasteiger partial charge in [0.05, 0.1) is 17.0 Å². The van der Waals surface area contributed by atoms with Crippen LogP contribution in [-0.2, 0) is 11.2 Å². The number of ether oxygens (including phenoxy) is 2. The van der Waals surface area contributed by atoms with Crippen LogP contribution in [0.15, 0.2) is 60.7 Å². The van der Waals surface area contributed by atoms with Gasteiger partial charge in [0.15, 0.2) is 0 Å². The molecule has 9 heteroatoms. The number of carbonyl (C=O) groups is 1. The van der Waals surface area contributed by atoms with Crippen molar-refractivity contribution >= 4 is 23.3 Å². The molecule has 1 atom stereocenters. The maximum absolute atomic E-state index is 12.9. The van der Waals surface area contributed by atoms with E-state index < -0.39 is 0 Å². The minimum Gasteiger partial charge on any atom is -0.489 e. The van der Waals surface area contributed by atoms with Crippen molar-refractivity contribution in [2.45, 2.75) is 51.0 Å². The number of likely N-dealkylation sites (tertiary alicyclic amines) is 1. The number of carbonyl (C=O) groups excluding carboxylic acids is 1. The summed E-state index contributed by atoms with van der Waals surface area (Å²) >= 11 is 6.27. The van der Waals surface area contributed by atoms with E-state index in [0.29, 0.717) is 24.3 Å². The summed E-state index contributed by atoms with van der Waals surface area (Å²) in [6.07, 6.45) is 8.58. The molecule has 1 amide bonds. The highest BCUT2D eigenvalue weighted by molar-refractivity contribution is 6.32.